The topological polar surface area (TPSA) is 68.0 Å². The minimum Gasteiger partial charge on any atom is -0.350 e. The van der Waals surface area contributed by atoms with Crippen LogP contribution in [0.4, 0.5) is 4.39 Å². The fraction of sp³-hybridized carbons (Fsp3) is 0.273. The maximum absolute atomic E-state index is 13.0. The Bertz CT molecular complexity index is 540. The van der Waals surface area contributed by atoms with Crippen LogP contribution >= 0.6 is 11.3 Å². The van der Waals surface area contributed by atoms with Gasteiger partial charge in [0.05, 0.1) is 10.2 Å². The summed E-state index contributed by atoms with van der Waals surface area (Å²) >= 11 is 1.18. The smallest absolute Gasteiger partial charge is 0.280 e. The molecule has 3 N–H and O–H groups in total. The molecule has 1 heterocycles. The third-order valence-corrected chi connectivity index (χ3v) is 3.23. The summed E-state index contributed by atoms with van der Waals surface area (Å²) in [6.45, 7) is 1.06. The Hall–Kier alpha value is -1.53. The van der Waals surface area contributed by atoms with Crippen LogP contribution < -0.4 is 11.1 Å². The molecule has 0 radical (unpaired) electrons. The van der Waals surface area contributed by atoms with Crippen molar-refractivity contribution in [2.24, 2.45) is 5.73 Å². The molecule has 0 fully saturated rings. The molecule has 0 saturated heterocycles. The van der Waals surface area contributed by atoms with Crippen molar-refractivity contribution in [2.45, 2.75) is 6.42 Å². The number of hydrogen-bond acceptors (Lipinski definition) is 4. The molecule has 90 valence electrons. The molecule has 0 unspecified atom stereocenters. The van der Waals surface area contributed by atoms with Gasteiger partial charge in [0, 0.05) is 6.54 Å². The van der Waals surface area contributed by atoms with Crippen molar-refractivity contribution in [1.82, 2.24) is 10.3 Å². The van der Waals surface area contributed by atoms with Crippen LogP contribution in [0.15, 0.2) is 18.2 Å². The number of fused-ring (bicyclic) bond motifs is 1. The molecular weight excluding hydrogens is 241 g/mol. The van der Waals surface area contributed by atoms with Crippen LogP contribution in [0.3, 0.4) is 0 Å². The molecule has 17 heavy (non-hydrogen) atoms. The molecule has 0 atom stereocenters. The molecule has 1 aromatic carbocycles. The van der Waals surface area contributed by atoms with Crippen molar-refractivity contribution in [3.8, 4) is 0 Å². The molecule has 0 aliphatic carbocycles. The number of halogens is 1. The van der Waals surface area contributed by atoms with Crippen LogP contribution in [0, 0.1) is 5.82 Å². The van der Waals surface area contributed by atoms with Gasteiger partial charge in [0.15, 0.2) is 5.01 Å². The zero-order chi connectivity index (χ0) is 12.3. The van der Waals surface area contributed by atoms with Crippen LogP contribution in [0.5, 0.6) is 0 Å². The van der Waals surface area contributed by atoms with E-state index in [-0.39, 0.29) is 11.7 Å². The fourth-order valence-corrected chi connectivity index (χ4v) is 2.28. The molecular formula is C11H12FN3OS. The van der Waals surface area contributed by atoms with Crippen molar-refractivity contribution in [1.29, 1.82) is 0 Å². The van der Waals surface area contributed by atoms with E-state index in [0.717, 1.165) is 6.42 Å². The zero-order valence-corrected chi connectivity index (χ0v) is 9.89. The number of nitrogens with two attached hydrogens (primary N) is 1. The van der Waals surface area contributed by atoms with Gasteiger partial charge in [-0.3, -0.25) is 4.79 Å². The number of thiazole rings is 1. The van der Waals surface area contributed by atoms with Crippen molar-refractivity contribution in [3.05, 3.63) is 29.0 Å². The van der Waals surface area contributed by atoms with Crippen LogP contribution in [0.1, 0.15) is 16.2 Å². The number of nitrogens with one attached hydrogen (secondary N) is 1. The highest BCUT2D eigenvalue weighted by Gasteiger charge is 2.11. The fourth-order valence-electron chi connectivity index (χ4n) is 1.38. The maximum Gasteiger partial charge on any atom is 0.280 e. The van der Waals surface area contributed by atoms with Gasteiger partial charge in [-0.05, 0) is 31.2 Å². The average molecular weight is 253 g/mol. The molecule has 2 rings (SSSR count). The van der Waals surface area contributed by atoms with Crippen molar-refractivity contribution >= 4 is 27.5 Å². The van der Waals surface area contributed by atoms with Gasteiger partial charge in [-0.2, -0.15) is 0 Å². The molecule has 1 aromatic heterocycles. The van der Waals surface area contributed by atoms with Crippen molar-refractivity contribution in [3.63, 3.8) is 0 Å². The van der Waals surface area contributed by atoms with E-state index in [1.165, 1.54) is 23.5 Å². The standard InChI is InChI=1S/C11H12FN3OS/c12-7-2-3-8-9(6-7)17-11(15-8)10(16)14-5-1-4-13/h2-3,6H,1,4-5,13H2,(H,14,16). The zero-order valence-electron chi connectivity index (χ0n) is 9.07. The van der Waals surface area contributed by atoms with Gasteiger partial charge >= 0.3 is 0 Å². The molecule has 0 spiro atoms. The normalized spacial score (nSPS) is 10.7. The third-order valence-electron chi connectivity index (χ3n) is 2.21. The van der Waals surface area contributed by atoms with Gasteiger partial charge in [-0.1, -0.05) is 0 Å². The van der Waals surface area contributed by atoms with Crippen LogP contribution in [0.25, 0.3) is 10.2 Å². The summed E-state index contributed by atoms with van der Waals surface area (Å²) in [4.78, 5) is 15.8. The number of aromatic nitrogens is 1. The number of amides is 1. The van der Waals surface area contributed by atoms with Crippen LogP contribution in [0.2, 0.25) is 0 Å². The van der Waals surface area contributed by atoms with E-state index in [9.17, 15) is 9.18 Å². The maximum atomic E-state index is 13.0. The minimum absolute atomic E-state index is 0.236. The Labute approximate surface area is 102 Å². The molecule has 6 heteroatoms. The Kier molecular flexibility index (Phi) is 3.65. The van der Waals surface area contributed by atoms with Crippen molar-refractivity contribution in [2.75, 3.05) is 13.1 Å². The number of carbonyl (C=O) groups is 1. The Balaban J connectivity index is 2.15. The van der Waals surface area contributed by atoms with Gasteiger partial charge < -0.3 is 11.1 Å². The van der Waals surface area contributed by atoms with Crippen LogP contribution in [-0.4, -0.2) is 24.0 Å². The van der Waals surface area contributed by atoms with Gasteiger partial charge in [0.1, 0.15) is 5.82 Å². The first kappa shape index (κ1) is 11.9. The molecule has 0 bridgehead atoms. The quantitative estimate of drug-likeness (QED) is 0.812. The highest BCUT2D eigenvalue weighted by atomic mass is 32.1. The van der Waals surface area contributed by atoms with Gasteiger partial charge in [-0.15, -0.1) is 11.3 Å². The van der Waals surface area contributed by atoms with E-state index in [1.807, 2.05) is 0 Å². The predicted octanol–water partition coefficient (Wildman–Crippen LogP) is 1.51. The first-order valence-corrected chi connectivity index (χ1v) is 6.06. The molecule has 2 aromatic rings. The summed E-state index contributed by atoms with van der Waals surface area (Å²) in [6.07, 6.45) is 0.727. The number of carbonyl (C=O) groups excluding carboxylic acids is 1. The van der Waals surface area contributed by atoms with Gasteiger partial charge in [-0.25, -0.2) is 9.37 Å². The molecule has 4 nitrogen and oxygen atoms in total. The number of nitrogens with zero attached hydrogens (tertiary/aromatic N) is 1. The molecule has 0 aliphatic heterocycles. The SMILES string of the molecule is NCCCNC(=O)c1nc2ccc(F)cc2s1. The van der Waals surface area contributed by atoms with E-state index in [0.29, 0.717) is 28.3 Å². The summed E-state index contributed by atoms with van der Waals surface area (Å²) in [5, 5.41) is 3.06. The minimum atomic E-state index is -0.323. The highest BCUT2D eigenvalue weighted by Crippen LogP contribution is 2.22. The first-order chi connectivity index (χ1) is 8.20. The largest absolute Gasteiger partial charge is 0.350 e. The number of benzene rings is 1. The summed E-state index contributed by atoms with van der Waals surface area (Å²) in [5.41, 5.74) is 5.96. The van der Waals surface area contributed by atoms with E-state index >= 15 is 0 Å². The second-order valence-electron chi connectivity index (χ2n) is 3.53. The Morgan fingerprint density at radius 1 is 1.53 bits per heavy atom. The van der Waals surface area contributed by atoms with E-state index < -0.39 is 0 Å². The summed E-state index contributed by atoms with van der Waals surface area (Å²) in [7, 11) is 0. The number of hydrogen-bond donors (Lipinski definition) is 2. The second kappa shape index (κ2) is 5.20. The third kappa shape index (κ3) is 2.78. The first-order valence-electron chi connectivity index (χ1n) is 5.25. The summed E-state index contributed by atoms with van der Waals surface area (Å²) in [5.74, 6) is -0.559. The lowest BCUT2D eigenvalue weighted by atomic mass is 10.3. The summed E-state index contributed by atoms with van der Waals surface area (Å²) in [6, 6.07) is 4.28. The monoisotopic (exact) mass is 253 g/mol. The van der Waals surface area contributed by atoms with Crippen LogP contribution in [-0.2, 0) is 0 Å². The average Bonchev–Trinajstić information content (AvgIpc) is 2.72. The molecule has 0 aliphatic rings. The highest BCUT2D eigenvalue weighted by molar-refractivity contribution is 7.20. The second-order valence-corrected chi connectivity index (χ2v) is 4.56. The van der Waals surface area contributed by atoms with E-state index in [2.05, 4.69) is 10.3 Å². The number of rotatable bonds is 4. The van der Waals surface area contributed by atoms with E-state index in [1.54, 1.807) is 6.07 Å². The van der Waals surface area contributed by atoms with Gasteiger partial charge in [0.2, 0.25) is 0 Å². The lowest BCUT2D eigenvalue weighted by Gasteiger charge is -1.99. The van der Waals surface area contributed by atoms with Crippen molar-refractivity contribution < 1.29 is 9.18 Å². The lowest BCUT2D eigenvalue weighted by molar-refractivity contribution is 0.0953. The Morgan fingerprint density at radius 2 is 2.35 bits per heavy atom. The van der Waals surface area contributed by atoms with E-state index in [4.69, 9.17) is 5.73 Å². The predicted molar refractivity (Wildman–Crippen MR) is 65.6 cm³/mol. The summed E-state index contributed by atoms with van der Waals surface area (Å²) < 4.78 is 13.6. The molecule has 1 amide bonds. The lowest BCUT2D eigenvalue weighted by Crippen LogP contribution is -2.25. The molecule has 0 saturated carbocycles. The Morgan fingerprint density at radius 3 is 3.12 bits per heavy atom. The van der Waals surface area contributed by atoms with Gasteiger partial charge in [0.25, 0.3) is 5.91 Å².